The van der Waals surface area contributed by atoms with Gasteiger partial charge in [0.1, 0.15) is 12.4 Å². The van der Waals surface area contributed by atoms with E-state index < -0.39 is 24.2 Å². The fraction of sp³-hybridized carbons (Fsp3) is 0.833. The van der Waals surface area contributed by atoms with Gasteiger partial charge in [-0.3, -0.25) is 9.63 Å². The molecule has 1 heterocycles. The van der Waals surface area contributed by atoms with Gasteiger partial charge in [0.2, 0.25) is 5.91 Å². The van der Waals surface area contributed by atoms with Crippen molar-refractivity contribution in [3.63, 3.8) is 0 Å². The van der Waals surface area contributed by atoms with E-state index in [-0.39, 0.29) is 24.3 Å². The van der Waals surface area contributed by atoms with Crippen LogP contribution in [0.1, 0.15) is 64.7 Å². The van der Waals surface area contributed by atoms with Gasteiger partial charge in [-0.2, -0.15) is 5.06 Å². The highest BCUT2D eigenvalue weighted by Crippen LogP contribution is 2.34. The highest BCUT2D eigenvalue weighted by atomic mass is 16.7. The average molecular weight is 435 g/mol. The number of hydrogen-bond donors (Lipinski definition) is 3. The predicted molar refractivity (Wildman–Crippen MR) is 116 cm³/mol. The zero-order chi connectivity index (χ0) is 22.2. The van der Waals surface area contributed by atoms with E-state index in [1.807, 2.05) is 0 Å². The molecular formula is C24H38N2O5. The number of rotatable bonds is 7. The molecule has 0 spiro atoms. The second kappa shape index (κ2) is 12.0. The van der Waals surface area contributed by atoms with Crippen LogP contribution in [0, 0.1) is 35.5 Å². The second-order valence-electron chi connectivity index (χ2n) is 9.47. The number of carbonyl (C=O) groups is 2. The molecule has 3 N–H and O–H groups in total. The van der Waals surface area contributed by atoms with Gasteiger partial charge in [-0.05, 0) is 44.9 Å². The standard InChI is InChI=1S/C24H38N2O5/c1-17(29)23-21(15-27)26(31-22(23)16-28)14-19-8-5-7-18(13-19)9-6-12-25-24(30)20-10-3-2-4-11-20/h15,17-23,28-29H,2-5,7-8,10-14,16H2,1H3,(H,25,30)/t17-,18?,19?,21+,22-,23-/m1/s1. The molecular weight excluding hydrogens is 396 g/mol. The summed E-state index contributed by atoms with van der Waals surface area (Å²) in [6, 6.07) is -0.543. The van der Waals surface area contributed by atoms with E-state index in [4.69, 9.17) is 4.84 Å². The number of aliphatic hydroxyl groups is 2. The lowest BCUT2D eigenvalue weighted by Gasteiger charge is -2.31. The Hall–Kier alpha value is -1.46. The number of aliphatic hydroxyl groups excluding tert-OH is 2. The van der Waals surface area contributed by atoms with E-state index in [0.29, 0.717) is 19.0 Å². The van der Waals surface area contributed by atoms with E-state index in [1.165, 1.54) is 6.42 Å². The predicted octanol–water partition coefficient (Wildman–Crippen LogP) is 1.67. The van der Waals surface area contributed by atoms with E-state index in [0.717, 1.165) is 57.7 Å². The lowest BCUT2D eigenvalue weighted by molar-refractivity contribution is -0.179. The molecule has 7 heteroatoms. The Morgan fingerprint density at radius 3 is 2.68 bits per heavy atom. The van der Waals surface area contributed by atoms with Gasteiger partial charge in [0.05, 0.1) is 25.3 Å². The van der Waals surface area contributed by atoms with Crippen LogP contribution in [0.25, 0.3) is 0 Å². The summed E-state index contributed by atoms with van der Waals surface area (Å²) in [5, 5.41) is 24.3. The van der Waals surface area contributed by atoms with Gasteiger partial charge in [-0.15, -0.1) is 0 Å². The summed E-state index contributed by atoms with van der Waals surface area (Å²) in [4.78, 5) is 29.7. The Labute approximate surface area is 185 Å². The minimum Gasteiger partial charge on any atom is -0.394 e. The van der Waals surface area contributed by atoms with Crippen molar-refractivity contribution < 1.29 is 24.6 Å². The van der Waals surface area contributed by atoms with Crippen LogP contribution in [-0.4, -0.2) is 65.4 Å². The van der Waals surface area contributed by atoms with Crippen molar-refractivity contribution in [3.05, 3.63) is 0 Å². The van der Waals surface area contributed by atoms with Gasteiger partial charge in [0.15, 0.2) is 0 Å². The van der Waals surface area contributed by atoms with Crippen molar-refractivity contribution in [1.29, 1.82) is 0 Å². The third-order valence-corrected chi connectivity index (χ3v) is 7.16. The first-order chi connectivity index (χ1) is 15.0. The Balaban J connectivity index is 1.47. The highest BCUT2D eigenvalue weighted by Gasteiger charge is 2.46. The van der Waals surface area contributed by atoms with Gasteiger partial charge < -0.3 is 20.3 Å². The van der Waals surface area contributed by atoms with Gasteiger partial charge in [-0.1, -0.05) is 37.5 Å². The topological polar surface area (TPSA) is 99.1 Å². The van der Waals surface area contributed by atoms with Crippen LogP contribution >= 0.6 is 0 Å². The molecule has 7 nitrogen and oxygen atoms in total. The summed E-state index contributed by atoms with van der Waals surface area (Å²) in [7, 11) is 0. The van der Waals surface area contributed by atoms with Crippen LogP contribution in [0.2, 0.25) is 0 Å². The summed E-state index contributed by atoms with van der Waals surface area (Å²) in [6.07, 6.45) is 9.16. The van der Waals surface area contributed by atoms with E-state index >= 15 is 0 Å². The van der Waals surface area contributed by atoms with Crippen LogP contribution < -0.4 is 5.32 Å². The molecule has 0 aromatic rings. The number of carbonyl (C=O) groups excluding carboxylic acids is 2. The summed E-state index contributed by atoms with van der Waals surface area (Å²) >= 11 is 0. The molecule has 0 aromatic heterocycles. The first kappa shape index (κ1) is 24.2. The molecule has 174 valence electrons. The summed E-state index contributed by atoms with van der Waals surface area (Å²) < 4.78 is 0. The van der Waals surface area contributed by atoms with Crippen molar-refractivity contribution in [1.82, 2.24) is 10.4 Å². The number of hydroxylamine groups is 2. The van der Waals surface area contributed by atoms with Crippen LogP contribution in [0.15, 0.2) is 0 Å². The number of hydrogen-bond acceptors (Lipinski definition) is 6. The highest BCUT2D eigenvalue weighted by molar-refractivity contribution is 5.78. The van der Waals surface area contributed by atoms with Crippen molar-refractivity contribution in [2.45, 2.75) is 83.0 Å². The first-order valence-electron chi connectivity index (χ1n) is 12.0. The monoisotopic (exact) mass is 434 g/mol. The van der Waals surface area contributed by atoms with E-state index in [1.54, 1.807) is 12.0 Å². The summed E-state index contributed by atoms with van der Waals surface area (Å²) in [6.45, 7) is 2.42. The van der Waals surface area contributed by atoms with Crippen LogP contribution in [0.4, 0.5) is 0 Å². The molecule has 31 heavy (non-hydrogen) atoms. The van der Waals surface area contributed by atoms with Gasteiger partial charge in [0, 0.05) is 24.3 Å². The van der Waals surface area contributed by atoms with E-state index in [9.17, 15) is 19.8 Å². The molecule has 2 unspecified atom stereocenters. The Kier molecular flexibility index (Phi) is 9.33. The maximum absolute atomic E-state index is 12.2. The fourth-order valence-electron chi connectivity index (χ4n) is 5.48. The molecule has 3 rings (SSSR count). The molecule has 1 saturated heterocycles. The number of nitrogens with zero attached hydrogens (tertiary/aromatic N) is 1. The third kappa shape index (κ3) is 6.52. The zero-order valence-electron chi connectivity index (χ0n) is 18.7. The smallest absolute Gasteiger partial charge is 0.223 e. The SMILES string of the molecule is C[C@@H](O)[C@H]1[C@@H](CO)ON(CC2CCCC(C#CCNC(=O)C3CCCCC3)C2)[C@H]1C=O. The van der Waals surface area contributed by atoms with Gasteiger partial charge >= 0.3 is 0 Å². The minimum atomic E-state index is -0.730. The molecule has 0 aromatic carbocycles. The lowest BCUT2D eigenvalue weighted by atomic mass is 9.81. The van der Waals surface area contributed by atoms with Crippen molar-refractivity contribution in [2.75, 3.05) is 19.7 Å². The summed E-state index contributed by atoms with van der Waals surface area (Å²) in [5.41, 5.74) is 0. The van der Waals surface area contributed by atoms with E-state index in [2.05, 4.69) is 17.2 Å². The fourth-order valence-corrected chi connectivity index (χ4v) is 5.48. The van der Waals surface area contributed by atoms with Gasteiger partial charge in [-0.25, -0.2) is 0 Å². The maximum atomic E-state index is 12.2. The Bertz CT molecular complexity index is 652. The largest absolute Gasteiger partial charge is 0.394 e. The third-order valence-electron chi connectivity index (χ3n) is 7.16. The normalized spacial score (nSPS) is 33.3. The molecule has 1 amide bonds. The van der Waals surface area contributed by atoms with Crippen LogP contribution in [-0.2, 0) is 14.4 Å². The molecule has 6 atom stereocenters. The Morgan fingerprint density at radius 2 is 2.00 bits per heavy atom. The van der Waals surface area contributed by atoms with Crippen molar-refractivity contribution >= 4 is 12.2 Å². The zero-order valence-corrected chi connectivity index (χ0v) is 18.7. The minimum absolute atomic E-state index is 0.146. The lowest BCUT2D eigenvalue weighted by Crippen LogP contribution is -2.41. The number of aldehydes is 1. The Morgan fingerprint density at radius 1 is 1.23 bits per heavy atom. The molecule has 0 bridgehead atoms. The van der Waals surface area contributed by atoms with Crippen molar-refractivity contribution in [2.24, 2.45) is 23.7 Å². The van der Waals surface area contributed by atoms with Gasteiger partial charge in [0.25, 0.3) is 0 Å². The van der Waals surface area contributed by atoms with Crippen LogP contribution in [0.3, 0.4) is 0 Å². The maximum Gasteiger partial charge on any atom is 0.223 e. The second-order valence-corrected chi connectivity index (χ2v) is 9.47. The number of amides is 1. The molecule has 3 fully saturated rings. The molecule has 1 aliphatic heterocycles. The van der Waals surface area contributed by atoms with Crippen molar-refractivity contribution in [3.8, 4) is 11.8 Å². The molecule has 0 radical (unpaired) electrons. The number of nitrogens with one attached hydrogen (secondary N) is 1. The quantitative estimate of drug-likeness (QED) is 0.416. The van der Waals surface area contributed by atoms with Crippen LogP contribution in [0.5, 0.6) is 0 Å². The average Bonchev–Trinajstić information content (AvgIpc) is 3.15. The molecule has 2 aliphatic carbocycles. The first-order valence-corrected chi connectivity index (χ1v) is 12.0. The summed E-state index contributed by atoms with van der Waals surface area (Å²) in [5.74, 6) is 7.00. The molecule has 3 aliphatic rings. The molecule has 2 saturated carbocycles.